The van der Waals surface area contributed by atoms with E-state index in [4.69, 9.17) is 9.47 Å². The third-order valence-corrected chi connectivity index (χ3v) is 14.4. The first-order chi connectivity index (χ1) is 14.5. The standard InChI is InChI=1S/C23H55N3O2Si2/c1-9-24(10-2)17-19-26(30(14-6,15-7)16-8)20-18-25(11-3)21-22-29-23(27-12-4)28-13-5/h23H,9-22,29H2,1-8H3. The second kappa shape index (κ2) is 18.8. The van der Waals surface area contributed by atoms with E-state index >= 15 is 0 Å². The molecule has 0 aliphatic rings. The Morgan fingerprint density at radius 1 is 0.633 bits per heavy atom. The fourth-order valence-electron chi connectivity index (χ4n) is 4.57. The van der Waals surface area contributed by atoms with Crippen LogP contribution in [0.5, 0.6) is 0 Å². The third-order valence-electron chi connectivity index (χ3n) is 6.98. The Morgan fingerprint density at radius 2 is 1.10 bits per heavy atom. The maximum Gasteiger partial charge on any atom is 0.134 e. The quantitative estimate of drug-likeness (QED) is 0.191. The van der Waals surface area contributed by atoms with Crippen molar-refractivity contribution < 1.29 is 9.47 Å². The van der Waals surface area contributed by atoms with Gasteiger partial charge in [-0.3, -0.25) is 0 Å². The van der Waals surface area contributed by atoms with Crippen molar-refractivity contribution in [1.82, 2.24) is 14.4 Å². The molecule has 0 heterocycles. The van der Waals surface area contributed by atoms with Gasteiger partial charge in [-0.25, -0.2) is 0 Å². The minimum atomic E-state index is -1.34. The van der Waals surface area contributed by atoms with E-state index in [1.165, 1.54) is 56.9 Å². The van der Waals surface area contributed by atoms with Gasteiger partial charge in [-0.1, -0.05) is 41.5 Å². The van der Waals surface area contributed by atoms with Gasteiger partial charge in [-0.15, -0.1) is 0 Å². The molecule has 0 amide bonds. The summed E-state index contributed by atoms with van der Waals surface area (Å²) in [4.78, 5) is 5.24. The molecule has 30 heavy (non-hydrogen) atoms. The zero-order valence-electron chi connectivity index (χ0n) is 21.8. The molecular weight excluding hydrogens is 406 g/mol. The Labute approximate surface area is 192 Å². The van der Waals surface area contributed by atoms with Gasteiger partial charge >= 0.3 is 0 Å². The Morgan fingerprint density at radius 3 is 1.50 bits per heavy atom. The third kappa shape index (κ3) is 11.2. The SMILES string of the molecule is CCOC(OCC)[SiH2]CCN(CC)CCN(CCN(CC)CC)[Si](CC)(CC)CC. The molecule has 0 aliphatic carbocycles. The molecule has 7 heteroatoms. The highest BCUT2D eigenvalue weighted by Gasteiger charge is 2.34. The first-order valence-electron chi connectivity index (χ1n) is 12.9. The maximum atomic E-state index is 5.77. The molecule has 0 aromatic carbocycles. The number of likely N-dealkylation sites (N-methyl/N-ethyl adjacent to an activating group) is 2. The summed E-state index contributed by atoms with van der Waals surface area (Å²) in [6.07, 6.45) is 0. The lowest BCUT2D eigenvalue weighted by Crippen LogP contribution is -2.56. The molecule has 0 saturated heterocycles. The van der Waals surface area contributed by atoms with E-state index in [1.807, 2.05) is 0 Å². The van der Waals surface area contributed by atoms with Gasteiger partial charge in [0.25, 0.3) is 0 Å². The van der Waals surface area contributed by atoms with E-state index in [0.717, 1.165) is 32.8 Å². The Bertz CT molecular complexity index is 369. The Balaban J connectivity index is 4.85. The number of rotatable bonds is 21. The number of ether oxygens (including phenoxy) is 2. The van der Waals surface area contributed by atoms with Crippen LogP contribution in [0.15, 0.2) is 0 Å². The Kier molecular flexibility index (Phi) is 18.9. The van der Waals surface area contributed by atoms with Crippen molar-refractivity contribution >= 4 is 17.8 Å². The van der Waals surface area contributed by atoms with Crippen LogP contribution in [0.4, 0.5) is 0 Å². The molecule has 0 atom stereocenters. The summed E-state index contributed by atoms with van der Waals surface area (Å²) in [6, 6.07) is 5.40. The van der Waals surface area contributed by atoms with Crippen molar-refractivity contribution in [2.75, 3.05) is 65.6 Å². The van der Waals surface area contributed by atoms with Gasteiger partial charge in [-0.2, -0.15) is 0 Å². The topological polar surface area (TPSA) is 28.2 Å². The molecule has 0 fully saturated rings. The minimum absolute atomic E-state index is 0.101. The van der Waals surface area contributed by atoms with Crippen LogP contribution >= 0.6 is 0 Å². The predicted octanol–water partition coefficient (Wildman–Crippen LogP) is 3.90. The molecule has 0 N–H and O–H groups in total. The van der Waals surface area contributed by atoms with Crippen LogP contribution in [0.25, 0.3) is 0 Å². The average Bonchev–Trinajstić information content (AvgIpc) is 2.77. The Hall–Kier alpha value is 0.234. The summed E-state index contributed by atoms with van der Waals surface area (Å²) in [5.74, 6) is 0.101. The van der Waals surface area contributed by atoms with E-state index in [9.17, 15) is 0 Å². The summed E-state index contributed by atoms with van der Waals surface area (Å²) >= 11 is 0. The predicted molar refractivity (Wildman–Crippen MR) is 139 cm³/mol. The molecule has 5 nitrogen and oxygen atoms in total. The summed E-state index contributed by atoms with van der Waals surface area (Å²) < 4.78 is 14.5. The number of hydrogen-bond donors (Lipinski definition) is 0. The van der Waals surface area contributed by atoms with Crippen LogP contribution in [0.3, 0.4) is 0 Å². The normalized spacial score (nSPS) is 13.2. The highest BCUT2D eigenvalue weighted by molar-refractivity contribution is 6.77. The van der Waals surface area contributed by atoms with Crippen LogP contribution in [0.1, 0.15) is 55.4 Å². The van der Waals surface area contributed by atoms with E-state index in [2.05, 4.69) is 69.8 Å². The van der Waals surface area contributed by atoms with Crippen LogP contribution in [0, 0.1) is 0 Å². The van der Waals surface area contributed by atoms with Crippen LogP contribution in [-0.2, 0) is 9.47 Å². The fourth-order valence-corrected chi connectivity index (χ4v) is 10.3. The van der Waals surface area contributed by atoms with Crippen molar-refractivity contribution in [2.45, 2.75) is 85.5 Å². The molecule has 182 valence electrons. The van der Waals surface area contributed by atoms with Gasteiger partial charge in [0.1, 0.15) is 14.1 Å². The summed E-state index contributed by atoms with van der Waals surface area (Å²) in [5, 5.41) is 0. The van der Waals surface area contributed by atoms with Crippen molar-refractivity contribution in [2.24, 2.45) is 0 Å². The summed E-state index contributed by atoms with van der Waals surface area (Å²) in [7, 11) is -1.69. The largest absolute Gasteiger partial charge is 0.357 e. The van der Waals surface area contributed by atoms with Gasteiger partial charge in [0.15, 0.2) is 0 Å². The zero-order valence-corrected chi connectivity index (χ0v) is 24.3. The molecule has 0 spiro atoms. The van der Waals surface area contributed by atoms with Crippen molar-refractivity contribution in [3.05, 3.63) is 0 Å². The lowest BCUT2D eigenvalue weighted by Gasteiger charge is -2.42. The van der Waals surface area contributed by atoms with E-state index in [-0.39, 0.29) is 15.4 Å². The molecule has 0 radical (unpaired) electrons. The zero-order chi connectivity index (χ0) is 22.8. The summed E-state index contributed by atoms with van der Waals surface area (Å²) in [6.45, 7) is 29.4. The second-order valence-corrected chi connectivity index (χ2v) is 15.4. The second-order valence-electron chi connectivity index (χ2n) is 8.22. The molecule has 0 aromatic rings. The molecule has 0 unspecified atom stereocenters. The number of nitrogens with zero attached hydrogens (tertiary/aromatic N) is 3. The lowest BCUT2D eigenvalue weighted by molar-refractivity contribution is -0.0828. The molecule has 0 bridgehead atoms. The number of hydrogen-bond acceptors (Lipinski definition) is 5. The molecule has 0 rings (SSSR count). The van der Waals surface area contributed by atoms with Gasteiger partial charge in [0.2, 0.25) is 0 Å². The first kappa shape index (κ1) is 30.2. The summed E-state index contributed by atoms with van der Waals surface area (Å²) in [5.41, 5.74) is 0. The molecule has 0 aromatic heterocycles. The fraction of sp³-hybridized carbons (Fsp3) is 1.00. The average molecular weight is 462 g/mol. The van der Waals surface area contributed by atoms with Crippen molar-refractivity contribution in [1.29, 1.82) is 0 Å². The van der Waals surface area contributed by atoms with E-state index < -0.39 is 8.24 Å². The molecule has 0 saturated carbocycles. The van der Waals surface area contributed by atoms with E-state index in [1.54, 1.807) is 0 Å². The highest BCUT2D eigenvalue weighted by atomic mass is 28.3. The van der Waals surface area contributed by atoms with Crippen LogP contribution in [0.2, 0.25) is 24.2 Å². The maximum absolute atomic E-state index is 5.77. The monoisotopic (exact) mass is 461 g/mol. The van der Waals surface area contributed by atoms with Gasteiger partial charge in [-0.05, 0) is 64.2 Å². The van der Waals surface area contributed by atoms with Gasteiger partial charge < -0.3 is 23.8 Å². The van der Waals surface area contributed by atoms with Crippen LogP contribution < -0.4 is 0 Å². The van der Waals surface area contributed by atoms with E-state index in [0.29, 0.717) is 0 Å². The molecule has 0 aliphatic heterocycles. The molecular formula is C23H55N3O2Si2. The van der Waals surface area contributed by atoms with Crippen LogP contribution in [-0.4, -0.2) is 104 Å². The minimum Gasteiger partial charge on any atom is -0.357 e. The smallest absolute Gasteiger partial charge is 0.134 e. The van der Waals surface area contributed by atoms with Gasteiger partial charge in [0.05, 0.1) is 9.52 Å². The highest BCUT2D eigenvalue weighted by Crippen LogP contribution is 2.25. The first-order valence-corrected chi connectivity index (χ1v) is 17.3. The van der Waals surface area contributed by atoms with Gasteiger partial charge in [0, 0.05) is 39.4 Å². The van der Waals surface area contributed by atoms with Crippen molar-refractivity contribution in [3.63, 3.8) is 0 Å². The lowest BCUT2D eigenvalue weighted by atomic mass is 10.4. The van der Waals surface area contributed by atoms with Crippen molar-refractivity contribution in [3.8, 4) is 0 Å².